The minimum Gasteiger partial charge on any atom is -0.497 e. The van der Waals surface area contributed by atoms with Crippen molar-refractivity contribution in [3.63, 3.8) is 0 Å². The molecule has 1 heterocycles. The number of nitrogens with zero attached hydrogens (tertiary/aromatic N) is 3. The predicted molar refractivity (Wildman–Crippen MR) is 93.4 cm³/mol. The van der Waals surface area contributed by atoms with E-state index in [1.54, 1.807) is 19.2 Å². The van der Waals surface area contributed by atoms with Crippen LogP contribution in [0.2, 0.25) is 0 Å². The molecule has 7 nitrogen and oxygen atoms in total. The number of benzene rings is 2. The highest BCUT2D eigenvalue weighted by Crippen LogP contribution is 2.22. The van der Waals surface area contributed by atoms with Gasteiger partial charge in [-0.1, -0.05) is 41.1 Å². The summed E-state index contributed by atoms with van der Waals surface area (Å²) in [6.07, 6.45) is 0.483. The van der Waals surface area contributed by atoms with Crippen molar-refractivity contribution in [2.75, 3.05) is 12.4 Å². The molecule has 0 bridgehead atoms. The molecule has 3 rings (SSSR count). The summed E-state index contributed by atoms with van der Waals surface area (Å²) < 4.78 is 5.19. The Morgan fingerprint density at radius 3 is 2.80 bits per heavy atom. The molecule has 0 aliphatic carbocycles. The third-order valence-corrected chi connectivity index (χ3v) is 3.85. The molecule has 2 N–H and O–H groups in total. The third kappa shape index (κ3) is 4.20. The molecule has 0 saturated carbocycles. The van der Waals surface area contributed by atoms with E-state index in [1.165, 1.54) is 0 Å². The highest BCUT2D eigenvalue weighted by molar-refractivity contribution is 5.95. The van der Waals surface area contributed by atoms with Crippen LogP contribution in [0.3, 0.4) is 0 Å². The summed E-state index contributed by atoms with van der Waals surface area (Å²) in [6, 6.07) is 15.2. The number of H-pyrrole nitrogens is 1. The first kappa shape index (κ1) is 16.6. The Hall–Kier alpha value is -3.22. The van der Waals surface area contributed by atoms with Gasteiger partial charge in [-0.05, 0) is 31.0 Å². The Kier molecular flexibility index (Phi) is 5.03. The summed E-state index contributed by atoms with van der Waals surface area (Å²) in [4.78, 5) is 12.8. The first-order chi connectivity index (χ1) is 12.2. The normalized spacial score (nSPS) is 11.8. The van der Waals surface area contributed by atoms with Gasteiger partial charge in [-0.25, -0.2) is 0 Å². The van der Waals surface area contributed by atoms with Gasteiger partial charge in [0.15, 0.2) is 5.82 Å². The standard InChI is InChI=1S/C18H19N5O2/c1-12-5-3-6-13(9-12)10-16(17-20-22-23-21-17)18(24)19-14-7-4-8-15(11-14)25-2/h3-9,11,16H,10H2,1-2H3,(H,19,24)(H,20,21,22,23). The summed E-state index contributed by atoms with van der Waals surface area (Å²) in [5, 5.41) is 16.9. The molecule has 1 unspecified atom stereocenters. The van der Waals surface area contributed by atoms with Crippen LogP contribution in [0.15, 0.2) is 48.5 Å². The largest absolute Gasteiger partial charge is 0.497 e. The average Bonchev–Trinajstić information content (AvgIpc) is 3.14. The molecule has 0 saturated heterocycles. The summed E-state index contributed by atoms with van der Waals surface area (Å²) >= 11 is 0. The van der Waals surface area contributed by atoms with Crippen molar-refractivity contribution in [2.24, 2.45) is 0 Å². The van der Waals surface area contributed by atoms with E-state index in [0.29, 0.717) is 23.7 Å². The number of aryl methyl sites for hydroxylation is 1. The van der Waals surface area contributed by atoms with Crippen molar-refractivity contribution in [1.29, 1.82) is 0 Å². The summed E-state index contributed by atoms with van der Waals surface area (Å²) in [5.74, 6) is 0.289. The lowest BCUT2D eigenvalue weighted by Crippen LogP contribution is -2.24. The van der Waals surface area contributed by atoms with Gasteiger partial charge in [-0.15, -0.1) is 10.2 Å². The van der Waals surface area contributed by atoms with Crippen LogP contribution in [0.4, 0.5) is 5.69 Å². The van der Waals surface area contributed by atoms with Gasteiger partial charge >= 0.3 is 0 Å². The quantitative estimate of drug-likeness (QED) is 0.721. The Morgan fingerprint density at radius 2 is 2.08 bits per heavy atom. The van der Waals surface area contributed by atoms with Crippen LogP contribution in [-0.2, 0) is 11.2 Å². The number of carbonyl (C=O) groups excluding carboxylic acids is 1. The molecule has 7 heteroatoms. The number of tetrazole rings is 1. The van der Waals surface area contributed by atoms with E-state index in [-0.39, 0.29) is 5.91 Å². The first-order valence-electron chi connectivity index (χ1n) is 7.89. The van der Waals surface area contributed by atoms with Crippen LogP contribution in [0, 0.1) is 6.92 Å². The van der Waals surface area contributed by atoms with Crippen molar-refractivity contribution in [2.45, 2.75) is 19.3 Å². The molecule has 1 aromatic heterocycles. The predicted octanol–water partition coefficient (Wildman–Crippen LogP) is 2.48. The number of hydrogen-bond donors (Lipinski definition) is 2. The number of amides is 1. The Morgan fingerprint density at radius 1 is 1.24 bits per heavy atom. The van der Waals surface area contributed by atoms with Crippen molar-refractivity contribution in [3.05, 3.63) is 65.5 Å². The highest BCUT2D eigenvalue weighted by atomic mass is 16.5. The second-order valence-electron chi connectivity index (χ2n) is 5.74. The fourth-order valence-electron chi connectivity index (χ4n) is 2.62. The van der Waals surface area contributed by atoms with Gasteiger partial charge in [0.1, 0.15) is 11.7 Å². The number of nitrogens with one attached hydrogen (secondary N) is 2. The molecule has 0 aliphatic heterocycles. The van der Waals surface area contributed by atoms with E-state index in [1.807, 2.05) is 43.3 Å². The molecule has 0 aliphatic rings. The molecular weight excluding hydrogens is 318 g/mol. The van der Waals surface area contributed by atoms with Gasteiger partial charge in [0.2, 0.25) is 5.91 Å². The number of aromatic nitrogens is 4. The second-order valence-corrected chi connectivity index (χ2v) is 5.74. The van der Waals surface area contributed by atoms with Crippen LogP contribution in [-0.4, -0.2) is 33.6 Å². The lowest BCUT2D eigenvalue weighted by atomic mass is 9.96. The van der Waals surface area contributed by atoms with Crippen molar-refractivity contribution < 1.29 is 9.53 Å². The minimum atomic E-state index is -0.549. The second kappa shape index (κ2) is 7.57. The Bertz CT molecular complexity index is 848. The van der Waals surface area contributed by atoms with Gasteiger partial charge in [0.25, 0.3) is 0 Å². The number of hydrogen-bond acceptors (Lipinski definition) is 5. The van der Waals surface area contributed by atoms with Gasteiger partial charge in [-0.3, -0.25) is 4.79 Å². The van der Waals surface area contributed by atoms with Crippen LogP contribution < -0.4 is 10.1 Å². The van der Waals surface area contributed by atoms with Gasteiger partial charge < -0.3 is 10.1 Å². The molecule has 0 radical (unpaired) electrons. The van der Waals surface area contributed by atoms with E-state index >= 15 is 0 Å². The Labute approximate surface area is 145 Å². The van der Waals surface area contributed by atoms with E-state index in [0.717, 1.165) is 11.1 Å². The average molecular weight is 337 g/mol. The van der Waals surface area contributed by atoms with Crippen molar-refractivity contribution in [1.82, 2.24) is 20.6 Å². The monoisotopic (exact) mass is 337 g/mol. The molecule has 0 fully saturated rings. The minimum absolute atomic E-state index is 0.198. The van der Waals surface area contributed by atoms with E-state index in [9.17, 15) is 4.79 Å². The summed E-state index contributed by atoms with van der Waals surface area (Å²) in [5.41, 5.74) is 2.83. The van der Waals surface area contributed by atoms with Crippen LogP contribution >= 0.6 is 0 Å². The molecule has 3 aromatic rings. The topological polar surface area (TPSA) is 92.8 Å². The maximum atomic E-state index is 12.8. The molecule has 128 valence electrons. The van der Waals surface area contributed by atoms with E-state index in [2.05, 4.69) is 25.9 Å². The number of anilines is 1. The Balaban J connectivity index is 1.82. The van der Waals surface area contributed by atoms with Gasteiger partial charge in [-0.2, -0.15) is 5.21 Å². The zero-order valence-corrected chi connectivity index (χ0v) is 14.1. The number of ether oxygens (including phenoxy) is 1. The summed E-state index contributed by atoms with van der Waals surface area (Å²) in [6.45, 7) is 2.02. The number of aromatic amines is 1. The molecule has 1 amide bonds. The van der Waals surface area contributed by atoms with Gasteiger partial charge in [0.05, 0.1) is 7.11 Å². The molecule has 0 spiro atoms. The lowest BCUT2D eigenvalue weighted by molar-refractivity contribution is -0.117. The van der Waals surface area contributed by atoms with Crippen molar-refractivity contribution >= 4 is 11.6 Å². The molecule has 2 aromatic carbocycles. The number of methoxy groups -OCH3 is 1. The maximum Gasteiger partial charge on any atom is 0.235 e. The maximum absolute atomic E-state index is 12.8. The summed E-state index contributed by atoms with van der Waals surface area (Å²) in [7, 11) is 1.58. The fraction of sp³-hybridized carbons (Fsp3) is 0.222. The SMILES string of the molecule is COc1cccc(NC(=O)C(Cc2cccc(C)c2)c2nn[nH]n2)c1. The zero-order chi connectivity index (χ0) is 17.6. The van der Waals surface area contributed by atoms with E-state index in [4.69, 9.17) is 4.74 Å². The third-order valence-electron chi connectivity index (χ3n) is 3.85. The van der Waals surface area contributed by atoms with Crippen LogP contribution in [0.25, 0.3) is 0 Å². The molecule has 25 heavy (non-hydrogen) atoms. The number of carbonyl (C=O) groups is 1. The zero-order valence-electron chi connectivity index (χ0n) is 14.1. The fourth-order valence-corrected chi connectivity index (χ4v) is 2.62. The van der Waals surface area contributed by atoms with E-state index < -0.39 is 5.92 Å². The first-order valence-corrected chi connectivity index (χ1v) is 7.89. The lowest BCUT2D eigenvalue weighted by Gasteiger charge is -2.14. The highest BCUT2D eigenvalue weighted by Gasteiger charge is 2.25. The molecular formula is C18H19N5O2. The van der Waals surface area contributed by atoms with Crippen LogP contribution in [0.5, 0.6) is 5.75 Å². The van der Waals surface area contributed by atoms with Gasteiger partial charge in [0, 0.05) is 11.8 Å². The molecule has 1 atom stereocenters. The van der Waals surface area contributed by atoms with Crippen molar-refractivity contribution in [3.8, 4) is 5.75 Å². The smallest absolute Gasteiger partial charge is 0.235 e. The number of rotatable bonds is 6. The van der Waals surface area contributed by atoms with Crippen LogP contribution in [0.1, 0.15) is 22.9 Å².